The van der Waals surface area contributed by atoms with Crippen LogP contribution in [0.25, 0.3) is 6.08 Å². The van der Waals surface area contributed by atoms with E-state index in [1.807, 2.05) is 48.5 Å². The number of carbonyl (C=O) groups is 3. The lowest BCUT2D eigenvalue weighted by Crippen LogP contribution is -2.51. The molecule has 1 saturated heterocycles. The fourth-order valence-corrected chi connectivity index (χ4v) is 3.41. The number of hydrogen-bond acceptors (Lipinski definition) is 5. The van der Waals surface area contributed by atoms with E-state index in [1.165, 1.54) is 13.0 Å². The number of para-hydroxylation sites is 1. The molecule has 0 radical (unpaired) electrons. The van der Waals surface area contributed by atoms with E-state index in [-0.39, 0.29) is 11.6 Å². The molecule has 162 valence electrons. The van der Waals surface area contributed by atoms with Crippen LogP contribution in [0.3, 0.4) is 0 Å². The SMILES string of the molecule is CC(=O)N/C(=C\c1ccccc1)C(=O)O[C@H](C)C(=O)N1CCN(c2ccccc2)CC1. The summed E-state index contributed by atoms with van der Waals surface area (Å²) >= 11 is 0. The molecular formula is C24H27N3O4. The summed E-state index contributed by atoms with van der Waals surface area (Å²) in [5.74, 6) is -1.39. The highest BCUT2D eigenvalue weighted by molar-refractivity contribution is 5.98. The first-order chi connectivity index (χ1) is 14.9. The first-order valence-electron chi connectivity index (χ1n) is 10.3. The third kappa shape index (κ3) is 6.18. The minimum Gasteiger partial charge on any atom is -0.448 e. The van der Waals surface area contributed by atoms with Crippen molar-refractivity contribution in [2.45, 2.75) is 20.0 Å². The van der Waals surface area contributed by atoms with Gasteiger partial charge >= 0.3 is 5.97 Å². The lowest BCUT2D eigenvalue weighted by molar-refractivity contribution is -0.156. The van der Waals surface area contributed by atoms with Crippen LogP contribution >= 0.6 is 0 Å². The van der Waals surface area contributed by atoms with Gasteiger partial charge in [-0.3, -0.25) is 9.59 Å². The van der Waals surface area contributed by atoms with Gasteiger partial charge in [0.1, 0.15) is 5.70 Å². The number of anilines is 1. The Labute approximate surface area is 182 Å². The number of hydrogen-bond donors (Lipinski definition) is 1. The number of carbonyl (C=O) groups excluding carboxylic acids is 3. The number of rotatable bonds is 6. The van der Waals surface area contributed by atoms with Gasteiger partial charge < -0.3 is 19.9 Å². The Kier molecular flexibility index (Phi) is 7.43. The van der Waals surface area contributed by atoms with Crippen molar-refractivity contribution < 1.29 is 19.1 Å². The molecule has 0 aromatic heterocycles. The van der Waals surface area contributed by atoms with E-state index in [0.717, 1.165) is 11.3 Å². The molecule has 2 aromatic rings. The standard InChI is InChI=1S/C24H27N3O4/c1-18(23(29)27-15-13-26(14-16-27)21-11-7-4-8-12-21)31-24(30)22(25-19(2)28)17-20-9-5-3-6-10-20/h3-12,17-18H,13-16H2,1-2H3,(H,25,28)/b22-17-/t18-/m1/s1. The number of ether oxygens (including phenoxy) is 1. The van der Waals surface area contributed by atoms with E-state index >= 15 is 0 Å². The number of piperazine rings is 1. The maximum absolute atomic E-state index is 12.8. The van der Waals surface area contributed by atoms with Gasteiger partial charge in [0, 0.05) is 38.8 Å². The lowest BCUT2D eigenvalue weighted by atomic mass is 10.2. The summed E-state index contributed by atoms with van der Waals surface area (Å²) in [7, 11) is 0. The van der Waals surface area contributed by atoms with Crippen molar-refractivity contribution in [3.05, 3.63) is 71.9 Å². The fourth-order valence-electron chi connectivity index (χ4n) is 3.41. The van der Waals surface area contributed by atoms with Crippen molar-refractivity contribution in [3.63, 3.8) is 0 Å². The molecule has 0 unspecified atom stereocenters. The monoisotopic (exact) mass is 421 g/mol. The Bertz CT molecular complexity index is 936. The quantitative estimate of drug-likeness (QED) is 0.573. The van der Waals surface area contributed by atoms with E-state index in [4.69, 9.17) is 4.74 Å². The summed E-state index contributed by atoms with van der Waals surface area (Å²) in [5.41, 5.74) is 1.85. The first kappa shape index (κ1) is 22.1. The van der Waals surface area contributed by atoms with Crippen LogP contribution < -0.4 is 10.2 Å². The van der Waals surface area contributed by atoms with E-state index in [9.17, 15) is 14.4 Å². The van der Waals surface area contributed by atoms with E-state index in [0.29, 0.717) is 26.2 Å². The summed E-state index contributed by atoms with van der Waals surface area (Å²) in [4.78, 5) is 40.9. The van der Waals surface area contributed by atoms with Gasteiger partial charge in [0.2, 0.25) is 5.91 Å². The Morgan fingerprint density at radius 3 is 2.10 bits per heavy atom. The second-order valence-electron chi connectivity index (χ2n) is 7.35. The molecule has 1 N–H and O–H groups in total. The highest BCUT2D eigenvalue weighted by atomic mass is 16.5. The fraction of sp³-hybridized carbons (Fsp3) is 0.292. The zero-order valence-electron chi connectivity index (χ0n) is 17.8. The third-order valence-electron chi connectivity index (χ3n) is 4.99. The number of amides is 2. The maximum atomic E-state index is 12.8. The third-order valence-corrected chi connectivity index (χ3v) is 4.99. The molecule has 0 spiro atoms. The topological polar surface area (TPSA) is 78.9 Å². The molecule has 0 bridgehead atoms. The second kappa shape index (κ2) is 10.4. The number of esters is 1. The minimum atomic E-state index is -0.955. The molecule has 0 saturated carbocycles. The Balaban J connectivity index is 1.59. The van der Waals surface area contributed by atoms with Gasteiger partial charge in [0.05, 0.1) is 0 Å². The molecule has 1 fully saturated rings. The van der Waals surface area contributed by atoms with Gasteiger partial charge in [-0.05, 0) is 30.7 Å². The first-order valence-corrected chi connectivity index (χ1v) is 10.3. The molecule has 2 amide bonds. The van der Waals surface area contributed by atoms with Gasteiger partial charge in [0.15, 0.2) is 6.10 Å². The molecule has 0 aliphatic carbocycles. The molecule has 1 atom stereocenters. The highest BCUT2D eigenvalue weighted by Crippen LogP contribution is 2.16. The molecule has 31 heavy (non-hydrogen) atoms. The molecule has 1 aliphatic heterocycles. The predicted molar refractivity (Wildman–Crippen MR) is 119 cm³/mol. The molecule has 1 heterocycles. The Morgan fingerprint density at radius 2 is 1.52 bits per heavy atom. The minimum absolute atomic E-state index is 0.00718. The van der Waals surface area contributed by atoms with Crippen molar-refractivity contribution in [3.8, 4) is 0 Å². The van der Waals surface area contributed by atoms with Crippen LogP contribution in [0, 0.1) is 0 Å². The van der Waals surface area contributed by atoms with Crippen molar-refractivity contribution in [1.82, 2.24) is 10.2 Å². The average molecular weight is 421 g/mol. The smallest absolute Gasteiger partial charge is 0.355 e. The van der Waals surface area contributed by atoms with E-state index < -0.39 is 18.0 Å². The normalized spacial score (nSPS) is 15.2. The van der Waals surface area contributed by atoms with Crippen LogP contribution in [0.2, 0.25) is 0 Å². The summed E-state index contributed by atoms with van der Waals surface area (Å²) < 4.78 is 5.39. The van der Waals surface area contributed by atoms with Crippen LogP contribution in [0.15, 0.2) is 66.4 Å². The van der Waals surface area contributed by atoms with Crippen LogP contribution in [-0.4, -0.2) is 55.0 Å². The van der Waals surface area contributed by atoms with Gasteiger partial charge in [-0.1, -0.05) is 48.5 Å². The number of nitrogens with one attached hydrogen (secondary N) is 1. The molecule has 1 aliphatic rings. The zero-order chi connectivity index (χ0) is 22.2. The van der Waals surface area contributed by atoms with Crippen molar-refractivity contribution >= 4 is 29.5 Å². The Morgan fingerprint density at radius 1 is 0.935 bits per heavy atom. The predicted octanol–water partition coefficient (Wildman–Crippen LogP) is 2.44. The van der Waals surface area contributed by atoms with Crippen LogP contribution in [0.1, 0.15) is 19.4 Å². The van der Waals surface area contributed by atoms with Crippen molar-refractivity contribution in [2.24, 2.45) is 0 Å². The largest absolute Gasteiger partial charge is 0.448 e. The Hall–Kier alpha value is -3.61. The van der Waals surface area contributed by atoms with Gasteiger partial charge in [-0.2, -0.15) is 0 Å². The average Bonchev–Trinajstić information content (AvgIpc) is 2.79. The van der Waals surface area contributed by atoms with E-state index in [2.05, 4.69) is 10.2 Å². The van der Waals surface area contributed by atoms with Crippen LogP contribution in [-0.2, 0) is 19.1 Å². The summed E-state index contributed by atoms with van der Waals surface area (Å²) in [5, 5.41) is 2.49. The molecule has 3 rings (SSSR count). The molecule has 2 aromatic carbocycles. The van der Waals surface area contributed by atoms with Crippen molar-refractivity contribution in [1.29, 1.82) is 0 Å². The summed E-state index contributed by atoms with van der Waals surface area (Å²) in [6.45, 7) is 5.38. The highest BCUT2D eigenvalue weighted by Gasteiger charge is 2.28. The maximum Gasteiger partial charge on any atom is 0.355 e. The summed E-state index contributed by atoms with van der Waals surface area (Å²) in [6.07, 6.45) is 0.572. The summed E-state index contributed by atoms with van der Waals surface area (Å²) in [6, 6.07) is 19.1. The van der Waals surface area contributed by atoms with Crippen LogP contribution in [0.4, 0.5) is 5.69 Å². The molecule has 7 heteroatoms. The molecule has 7 nitrogen and oxygen atoms in total. The van der Waals surface area contributed by atoms with Gasteiger partial charge in [0.25, 0.3) is 5.91 Å². The van der Waals surface area contributed by atoms with Crippen LogP contribution in [0.5, 0.6) is 0 Å². The van der Waals surface area contributed by atoms with E-state index in [1.54, 1.807) is 24.0 Å². The lowest BCUT2D eigenvalue weighted by Gasteiger charge is -2.37. The van der Waals surface area contributed by atoms with Gasteiger partial charge in [-0.25, -0.2) is 4.79 Å². The number of nitrogens with zero attached hydrogens (tertiary/aromatic N) is 2. The zero-order valence-corrected chi connectivity index (χ0v) is 17.8. The van der Waals surface area contributed by atoms with Crippen molar-refractivity contribution in [2.75, 3.05) is 31.1 Å². The van der Waals surface area contributed by atoms with Gasteiger partial charge in [-0.15, -0.1) is 0 Å². The molecular weight excluding hydrogens is 394 g/mol. The second-order valence-corrected chi connectivity index (χ2v) is 7.35. The number of benzene rings is 2.